The molecule has 24 heavy (non-hydrogen) atoms. The second-order valence-corrected chi connectivity index (χ2v) is 5.97. The first kappa shape index (κ1) is 19.4. The molecule has 0 bridgehead atoms. The Kier molecular flexibility index (Phi) is 6.27. The minimum Gasteiger partial charge on any atom is -0.469 e. The average molecular weight is 344 g/mol. The van der Waals surface area contributed by atoms with Gasteiger partial charge in [0.15, 0.2) is 0 Å². The lowest BCUT2D eigenvalue weighted by Crippen LogP contribution is -2.47. The molecule has 3 amide bonds. The maximum atomic E-state index is 12.1. The Bertz CT molecular complexity index is 535. The molecule has 0 spiro atoms. The maximum Gasteiger partial charge on any atom is 0.408 e. The zero-order valence-corrected chi connectivity index (χ0v) is 13.9. The first-order valence-corrected chi connectivity index (χ1v) is 7.17. The molecule has 0 radical (unpaired) electrons. The summed E-state index contributed by atoms with van der Waals surface area (Å²) in [6.45, 7) is 4.84. The lowest BCUT2D eigenvalue weighted by molar-refractivity contribution is -0.199. The minimum atomic E-state index is -1.48. The number of hydroxylamine groups is 2. The van der Waals surface area contributed by atoms with Crippen LogP contribution in [0.15, 0.2) is 0 Å². The van der Waals surface area contributed by atoms with E-state index in [0.29, 0.717) is 5.06 Å². The van der Waals surface area contributed by atoms with E-state index in [1.807, 2.05) is 0 Å². The van der Waals surface area contributed by atoms with E-state index in [0.717, 1.165) is 7.11 Å². The number of amides is 3. The largest absolute Gasteiger partial charge is 0.469 e. The SMILES string of the molecule is COC(=O)C[C@H](NC(=O)OC(C)(C)C)C(=O)ON1C(=O)CCC1=O. The van der Waals surface area contributed by atoms with E-state index in [-0.39, 0.29) is 12.8 Å². The number of esters is 1. The fourth-order valence-electron chi connectivity index (χ4n) is 1.70. The number of imide groups is 1. The summed E-state index contributed by atoms with van der Waals surface area (Å²) in [5.41, 5.74) is -0.829. The summed E-state index contributed by atoms with van der Waals surface area (Å²) in [6.07, 6.45) is -1.67. The minimum absolute atomic E-state index is 0.0761. The number of hydrogen-bond acceptors (Lipinski definition) is 8. The van der Waals surface area contributed by atoms with Crippen molar-refractivity contribution in [1.29, 1.82) is 0 Å². The Morgan fingerprint density at radius 3 is 2.17 bits per heavy atom. The molecule has 1 fully saturated rings. The molecular weight excluding hydrogens is 324 g/mol. The smallest absolute Gasteiger partial charge is 0.408 e. The van der Waals surface area contributed by atoms with Crippen LogP contribution in [0.1, 0.15) is 40.0 Å². The molecule has 10 heteroatoms. The van der Waals surface area contributed by atoms with Crippen molar-refractivity contribution in [3.8, 4) is 0 Å². The number of nitrogens with one attached hydrogen (secondary N) is 1. The zero-order chi connectivity index (χ0) is 18.5. The summed E-state index contributed by atoms with van der Waals surface area (Å²) >= 11 is 0. The van der Waals surface area contributed by atoms with Gasteiger partial charge in [-0.05, 0) is 20.8 Å². The Hall–Kier alpha value is -2.65. The number of carbonyl (C=O) groups is 5. The number of hydrogen-bond donors (Lipinski definition) is 1. The van der Waals surface area contributed by atoms with Crippen LogP contribution >= 0.6 is 0 Å². The molecule has 0 aromatic carbocycles. The molecule has 1 heterocycles. The highest BCUT2D eigenvalue weighted by atomic mass is 16.7. The van der Waals surface area contributed by atoms with Crippen molar-refractivity contribution < 1.29 is 38.3 Å². The Morgan fingerprint density at radius 1 is 1.17 bits per heavy atom. The predicted molar refractivity (Wildman–Crippen MR) is 77.0 cm³/mol. The normalized spacial score (nSPS) is 15.8. The summed E-state index contributed by atoms with van der Waals surface area (Å²) in [4.78, 5) is 62.9. The van der Waals surface area contributed by atoms with Crippen molar-refractivity contribution in [2.45, 2.75) is 51.7 Å². The van der Waals surface area contributed by atoms with E-state index in [2.05, 4.69) is 10.1 Å². The zero-order valence-electron chi connectivity index (χ0n) is 13.9. The molecule has 0 aromatic heterocycles. The van der Waals surface area contributed by atoms with Gasteiger partial charge in [-0.15, -0.1) is 5.06 Å². The predicted octanol–water partition coefficient (Wildman–Crippen LogP) is 0.0500. The molecule has 0 aromatic rings. The number of methoxy groups -OCH3 is 1. The van der Waals surface area contributed by atoms with E-state index in [9.17, 15) is 24.0 Å². The van der Waals surface area contributed by atoms with Crippen LogP contribution in [0.3, 0.4) is 0 Å². The first-order valence-electron chi connectivity index (χ1n) is 7.17. The number of carbonyl (C=O) groups excluding carboxylic acids is 5. The van der Waals surface area contributed by atoms with Crippen LogP contribution in [0.2, 0.25) is 0 Å². The number of nitrogens with zero attached hydrogens (tertiary/aromatic N) is 1. The van der Waals surface area contributed by atoms with E-state index in [1.54, 1.807) is 20.8 Å². The third-order valence-corrected chi connectivity index (χ3v) is 2.76. The van der Waals surface area contributed by atoms with E-state index in [1.165, 1.54) is 0 Å². The van der Waals surface area contributed by atoms with Crippen LogP contribution < -0.4 is 5.32 Å². The molecule has 0 unspecified atom stereocenters. The monoisotopic (exact) mass is 344 g/mol. The molecule has 1 atom stereocenters. The van der Waals surface area contributed by atoms with Crippen LogP contribution in [-0.4, -0.2) is 53.7 Å². The molecule has 10 nitrogen and oxygen atoms in total. The van der Waals surface area contributed by atoms with Crippen LogP contribution in [0.25, 0.3) is 0 Å². The molecule has 1 saturated heterocycles. The Morgan fingerprint density at radius 2 is 1.71 bits per heavy atom. The molecular formula is C14H20N2O8. The standard InChI is InChI=1S/C14H20N2O8/c1-14(2,3)23-13(21)15-8(7-11(19)22-4)12(20)24-16-9(17)5-6-10(16)18/h8H,5-7H2,1-4H3,(H,15,21)/t8-/m0/s1. The molecule has 0 saturated carbocycles. The van der Waals surface area contributed by atoms with Gasteiger partial charge in [-0.2, -0.15) is 0 Å². The molecule has 1 rings (SSSR count). The Balaban J connectivity index is 2.78. The number of alkyl carbamates (subject to hydrolysis) is 1. The molecule has 0 aliphatic carbocycles. The number of rotatable bonds is 5. The van der Waals surface area contributed by atoms with Gasteiger partial charge in [-0.25, -0.2) is 9.59 Å². The molecule has 134 valence electrons. The van der Waals surface area contributed by atoms with Gasteiger partial charge in [-0.3, -0.25) is 14.4 Å². The summed E-state index contributed by atoms with van der Waals surface area (Å²) in [5, 5.41) is 2.48. The summed E-state index contributed by atoms with van der Waals surface area (Å²) in [5.74, 6) is -3.31. The number of ether oxygens (including phenoxy) is 2. The molecule has 1 N–H and O–H groups in total. The van der Waals surface area contributed by atoms with Crippen LogP contribution in [0.4, 0.5) is 4.79 Å². The van der Waals surface area contributed by atoms with Crippen molar-refractivity contribution in [2.75, 3.05) is 7.11 Å². The van der Waals surface area contributed by atoms with Crippen molar-refractivity contribution in [2.24, 2.45) is 0 Å². The quantitative estimate of drug-likeness (QED) is 0.547. The van der Waals surface area contributed by atoms with E-state index >= 15 is 0 Å². The molecule has 1 aliphatic rings. The van der Waals surface area contributed by atoms with Gasteiger partial charge in [0.1, 0.15) is 11.6 Å². The van der Waals surface area contributed by atoms with Gasteiger partial charge in [0.05, 0.1) is 13.5 Å². The fraction of sp³-hybridized carbons (Fsp3) is 0.643. The van der Waals surface area contributed by atoms with Gasteiger partial charge in [0.25, 0.3) is 11.8 Å². The summed E-state index contributed by atoms with van der Waals surface area (Å²) in [7, 11) is 1.10. The lowest BCUT2D eigenvalue weighted by Gasteiger charge is -2.23. The van der Waals surface area contributed by atoms with Crippen molar-refractivity contribution in [1.82, 2.24) is 10.4 Å². The van der Waals surface area contributed by atoms with Gasteiger partial charge < -0.3 is 19.6 Å². The highest BCUT2D eigenvalue weighted by Gasteiger charge is 2.36. The van der Waals surface area contributed by atoms with E-state index in [4.69, 9.17) is 9.57 Å². The second kappa shape index (κ2) is 7.75. The van der Waals surface area contributed by atoms with Crippen molar-refractivity contribution >= 4 is 29.8 Å². The summed E-state index contributed by atoms with van der Waals surface area (Å²) < 4.78 is 9.43. The third kappa shape index (κ3) is 5.86. The van der Waals surface area contributed by atoms with Gasteiger partial charge in [0.2, 0.25) is 0 Å². The lowest BCUT2D eigenvalue weighted by atomic mass is 10.2. The molecule has 1 aliphatic heterocycles. The van der Waals surface area contributed by atoms with Crippen molar-refractivity contribution in [3.63, 3.8) is 0 Å². The second-order valence-electron chi connectivity index (χ2n) is 5.97. The van der Waals surface area contributed by atoms with Crippen molar-refractivity contribution in [3.05, 3.63) is 0 Å². The topological polar surface area (TPSA) is 128 Å². The van der Waals surface area contributed by atoms with Gasteiger partial charge in [0, 0.05) is 12.8 Å². The van der Waals surface area contributed by atoms with E-state index < -0.39 is 47.9 Å². The van der Waals surface area contributed by atoms with Crippen LogP contribution in [0, 0.1) is 0 Å². The third-order valence-electron chi connectivity index (χ3n) is 2.76. The van der Waals surface area contributed by atoms with Crippen LogP contribution in [0.5, 0.6) is 0 Å². The average Bonchev–Trinajstić information content (AvgIpc) is 2.76. The Labute approximate surface area is 138 Å². The highest BCUT2D eigenvalue weighted by Crippen LogP contribution is 2.14. The van der Waals surface area contributed by atoms with Gasteiger partial charge >= 0.3 is 18.0 Å². The van der Waals surface area contributed by atoms with Crippen LogP contribution in [-0.2, 0) is 33.5 Å². The maximum absolute atomic E-state index is 12.1. The fourth-order valence-corrected chi connectivity index (χ4v) is 1.70. The van der Waals surface area contributed by atoms with Gasteiger partial charge in [-0.1, -0.05) is 0 Å². The summed E-state index contributed by atoms with van der Waals surface area (Å²) in [6, 6.07) is -1.48. The highest BCUT2D eigenvalue weighted by molar-refractivity contribution is 6.02. The first-order chi connectivity index (χ1) is 11.0.